The van der Waals surface area contributed by atoms with Crippen molar-refractivity contribution < 1.29 is 9.59 Å². The number of nitrogens with one attached hydrogen (secondary N) is 1. The van der Waals surface area contributed by atoms with Crippen LogP contribution < -0.4 is 11.1 Å². The summed E-state index contributed by atoms with van der Waals surface area (Å²) in [6, 6.07) is 14.7. The van der Waals surface area contributed by atoms with E-state index >= 15 is 0 Å². The maximum absolute atomic E-state index is 12.7. The van der Waals surface area contributed by atoms with Gasteiger partial charge in [0.25, 0.3) is 5.91 Å². The maximum atomic E-state index is 12.7. The molecular weight excluding hydrogens is 402 g/mol. The molecule has 1 unspecified atom stereocenters. The van der Waals surface area contributed by atoms with Crippen LogP contribution in [-0.4, -0.2) is 39.1 Å². The highest BCUT2D eigenvalue weighted by Crippen LogP contribution is 2.22. The Bertz CT molecular complexity index is 1080. The molecule has 0 bridgehead atoms. The van der Waals surface area contributed by atoms with Crippen LogP contribution in [0.5, 0.6) is 0 Å². The summed E-state index contributed by atoms with van der Waals surface area (Å²) in [6.45, 7) is 1.45. The van der Waals surface area contributed by atoms with Crippen molar-refractivity contribution >= 4 is 29.1 Å². The van der Waals surface area contributed by atoms with E-state index < -0.39 is 0 Å². The Kier molecular flexibility index (Phi) is 5.83. The lowest BCUT2D eigenvalue weighted by Crippen LogP contribution is -2.39. The molecule has 0 radical (unpaired) electrons. The number of aromatic nitrogens is 2. The molecule has 0 saturated carbocycles. The van der Waals surface area contributed by atoms with Crippen LogP contribution in [0.4, 0.5) is 5.69 Å². The average Bonchev–Trinajstić information content (AvgIpc) is 3.38. The first-order chi connectivity index (χ1) is 14.5. The van der Waals surface area contributed by atoms with Crippen molar-refractivity contribution in [3.63, 3.8) is 0 Å². The zero-order valence-electron chi connectivity index (χ0n) is 16.3. The number of primary amides is 1. The van der Waals surface area contributed by atoms with Crippen LogP contribution in [-0.2, 0) is 11.3 Å². The molecular formula is C22H22ClN5O2. The van der Waals surface area contributed by atoms with Gasteiger partial charge < -0.3 is 11.1 Å². The third kappa shape index (κ3) is 4.37. The number of carbonyl (C=O) groups excluding carboxylic acids is 2. The van der Waals surface area contributed by atoms with Crippen LogP contribution in [0.25, 0.3) is 5.69 Å². The topological polar surface area (TPSA) is 93.2 Å². The second-order valence-corrected chi connectivity index (χ2v) is 7.72. The summed E-state index contributed by atoms with van der Waals surface area (Å²) in [5.41, 5.74) is 8.32. The van der Waals surface area contributed by atoms with E-state index in [1.54, 1.807) is 16.9 Å². The number of nitrogens with zero attached hydrogens (tertiary/aromatic N) is 3. The Morgan fingerprint density at radius 1 is 1.20 bits per heavy atom. The Labute approximate surface area is 179 Å². The SMILES string of the molecule is NC(=O)C1CCCN1Cc1cccc(NC(=O)c2cnn(-c3ccccc3Cl)c2)c1. The van der Waals surface area contributed by atoms with Gasteiger partial charge in [0.15, 0.2) is 0 Å². The molecule has 1 aromatic heterocycles. The second kappa shape index (κ2) is 8.69. The fourth-order valence-electron chi connectivity index (χ4n) is 3.73. The van der Waals surface area contributed by atoms with Crippen LogP contribution >= 0.6 is 11.6 Å². The van der Waals surface area contributed by atoms with Gasteiger partial charge in [-0.1, -0.05) is 35.9 Å². The standard InChI is InChI=1S/C22H22ClN5O2/c23-18-7-1-2-8-19(18)28-14-16(12-25-28)22(30)26-17-6-3-5-15(11-17)13-27-10-4-9-20(27)21(24)29/h1-3,5-8,11-12,14,20H,4,9-10,13H2,(H2,24,29)(H,26,30). The minimum absolute atomic E-state index is 0.223. The molecule has 154 valence electrons. The molecule has 8 heteroatoms. The highest BCUT2D eigenvalue weighted by atomic mass is 35.5. The van der Waals surface area contributed by atoms with Crippen LogP contribution in [0.2, 0.25) is 5.02 Å². The predicted octanol–water partition coefficient (Wildman–Crippen LogP) is 3.23. The van der Waals surface area contributed by atoms with E-state index in [-0.39, 0.29) is 17.9 Å². The minimum Gasteiger partial charge on any atom is -0.368 e. The number of para-hydroxylation sites is 1. The van der Waals surface area contributed by atoms with Crippen molar-refractivity contribution in [2.24, 2.45) is 5.73 Å². The Balaban J connectivity index is 1.45. The normalized spacial score (nSPS) is 16.5. The number of rotatable bonds is 6. The van der Waals surface area contributed by atoms with Gasteiger partial charge in [0, 0.05) is 18.4 Å². The molecule has 0 aliphatic carbocycles. The van der Waals surface area contributed by atoms with Gasteiger partial charge in [0.05, 0.1) is 28.5 Å². The van der Waals surface area contributed by atoms with E-state index in [4.69, 9.17) is 17.3 Å². The molecule has 7 nitrogen and oxygen atoms in total. The third-order valence-corrected chi connectivity index (χ3v) is 5.53. The Morgan fingerprint density at radius 3 is 2.83 bits per heavy atom. The molecule has 2 heterocycles. The van der Waals surface area contributed by atoms with Gasteiger partial charge in [-0.05, 0) is 49.2 Å². The summed E-state index contributed by atoms with van der Waals surface area (Å²) in [4.78, 5) is 26.4. The third-order valence-electron chi connectivity index (χ3n) is 5.21. The van der Waals surface area contributed by atoms with Gasteiger partial charge in [-0.2, -0.15) is 5.10 Å². The number of nitrogens with two attached hydrogens (primary N) is 1. The van der Waals surface area contributed by atoms with Crippen LogP contribution in [0.15, 0.2) is 60.9 Å². The van der Waals surface area contributed by atoms with E-state index in [0.717, 1.165) is 24.9 Å². The summed E-state index contributed by atoms with van der Waals surface area (Å²) in [5, 5.41) is 7.70. The fourth-order valence-corrected chi connectivity index (χ4v) is 3.95. The number of benzene rings is 2. The summed E-state index contributed by atoms with van der Waals surface area (Å²) in [5.74, 6) is -0.547. The molecule has 4 rings (SSSR count). The number of hydrogen-bond donors (Lipinski definition) is 2. The second-order valence-electron chi connectivity index (χ2n) is 7.31. The van der Waals surface area contributed by atoms with Crippen molar-refractivity contribution in [2.45, 2.75) is 25.4 Å². The first-order valence-electron chi connectivity index (χ1n) is 9.74. The van der Waals surface area contributed by atoms with Crippen molar-refractivity contribution in [2.75, 3.05) is 11.9 Å². The maximum Gasteiger partial charge on any atom is 0.258 e. The van der Waals surface area contributed by atoms with Crippen molar-refractivity contribution in [3.8, 4) is 5.69 Å². The number of hydrogen-bond acceptors (Lipinski definition) is 4. The van der Waals surface area contributed by atoms with Crippen LogP contribution in [0.3, 0.4) is 0 Å². The Morgan fingerprint density at radius 2 is 2.03 bits per heavy atom. The number of amides is 2. The highest BCUT2D eigenvalue weighted by molar-refractivity contribution is 6.32. The smallest absolute Gasteiger partial charge is 0.258 e. The molecule has 1 saturated heterocycles. The molecule has 1 atom stereocenters. The van der Waals surface area contributed by atoms with Crippen LogP contribution in [0, 0.1) is 0 Å². The summed E-state index contributed by atoms with van der Waals surface area (Å²) < 4.78 is 1.57. The highest BCUT2D eigenvalue weighted by Gasteiger charge is 2.28. The molecule has 2 aromatic carbocycles. The average molecular weight is 424 g/mol. The molecule has 3 aromatic rings. The van der Waals surface area contributed by atoms with Gasteiger partial charge >= 0.3 is 0 Å². The molecule has 30 heavy (non-hydrogen) atoms. The van der Waals surface area contributed by atoms with Crippen molar-refractivity contribution in [1.29, 1.82) is 0 Å². The molecule has 2 amide bonds. The van der Waals surface area contributed by atoms with E-state index in [1.165, 1.54) is 6.20 Å². The number of carbonyl (C=O) groups is 2. The van der Waals surface area contributed by atoms with Crippen molar-refractivity contribution in [1.82, 2.24) is 14.7 Å². The first kappa shape index (κ1) is 20.1. The van der Waals surface area contributed by atoms with Crippen molar-refractivity contribution in [3.05, 3.63) is 77.1 Å². The molecule has 1 fully saturated rings. The summed E-state index contributed by atoms with van der Waals surface area (Å²) in [6.07, 6.45) is 4.90. The molecule has 1 aliphatic rings. The van der Waals surface area contributed by atoms with Gasteiger partial charge in [0.2, 0.25) is 5.91 Å². The lowest BCUT2D eigenvalue weighted by atomic mass is 10.1. The van der Waals surface area contributed by atoms with E-state index in [0.29, 0.717) is 28.5 Å². The molecule has 3 N–H and O–H groups in total. The first-order valence-corrected chi connectivity index (χ1v) is 10.1. The lowest BCUT2D eigenvalue weighted by Gasteiger charge is -2.22. The Hall–Kier alpha value is -3.16. The van der Waals surface area contributed by atoms with Crippen LogP contribution in [0.1, 0.15) is 28.8 Å². The van der Waals surface area contributed by atoms with E-state index in [9.17, 15) is 9.59 Å². The van der Waals surface area contributed by atoms with Gasteiger partial charge in [-0.15, -0.1) is 0 Å². The number of likely N-dealkylation sites (tertiary alicyclic amines) is 1. The van der Waals surface area contributed by atoms with E-state index in [2.05, 4.69) is 15.3 Å². The number of anilines is 1. The van der Waals surface area contributed by atoms with Gasteiger partial charge in [-0.25, -0.2) is 4.68 Å². The zero-order valence-corrected chi connectivity index (χ0v) is 17.0. The van der Waals surface area contributed by atoms with Gasteiger partial charge in [-0.3, -0.25) is 14.5 Å². The zero-order chi connectivity index (χ0) is 21.1. The lowest BCUT2D eigenvalue weighted by molar-refractivity contribution is -0.122. The predicted molar refractivity (Wildman–Crippen MR) is 116 cm³/mol. The quantitative estimate of drug-likeness (QED) is 0.636. The largest absolute Gasteiger partial charge is 0.368 e. The summed E-state index contributed by atoms with van der Waals surface area (Å²) >= 11 is 6.20. The minimum atomic E-state index is -0.285. The molecule has 0 spiro atoms. The number of halogens is 1. The van der Waals surface area contributed by atoms with E-state index in [1.807, 2.05) is 42.5 Å². The molecule has 1 aliphatic heterocycles. The van der Waals surface area contributed by atoms with Gasteiger partial charge in [0.1, 0.15) is 0 Å². The monoisotopic (exact) mass is 423 g/mol. The fraction of sp³-hybridized carbons (Fsp3) is 0.227. The summed E-state index contributed by atoms with van der Waals surface area (Å²) in [7, 11) is 0.